The Hall–Kier alpha value is -2.38. The third kappa shape index (κ3) is 4.80. The molecule has 0 aromatic heterocycles. The van der Waals surface area contributed by atoms with Gasteiger partial charge in [-0.1, -0.05) is 17.7 Å². The Labute approximate surface area is 149 Å². The molecule has 4 N–H and O–H groups in total. The van der Waals surface area contributed by atoms with Gasteiger partial charge in [0.15, 0.2) is 5.96 Å². The molecule has 0 fully saturated rings. The normalized spacial score (nSPS) is 14.1. The lowest BCUT2D eigenvalue weighted by molar-refractivity contribution is 0.0634. The van der Waals surface area contributed by atoms with Crippen LogP contribution in [0.4, 0.5) is 14.5 Å². The SMILES string of the molecule is COc1ccc(NC(N)=NCC(C)(O)c2ccc(F)cc2F)cc1Cl. The number of ether oxygens (including phenoxy) is 1. The van der Waals surface area contributed by atoms with E-state index in [1.807, 2.05) is 0 Å². The van der Waals surface area contributed by atoms with Crippen molar-refractivity contribution in [2.75, 3.05) is 19.0 Å². The highest BCUT2D eigenvalue weighted by Crippen LogP contribution is 2.27. The fraction of sp³-hybridized carbons (Fsp3) is 0.235. The average Bonchev–Trinajstić information content (AvgIpc) is 2.53. The number of aliphatic hydroxyl groups is 1. The smallest absolute Gasteiger partial charge is 0.193 e. The molecule has 0 radical (unpaired) electrons. The van der Waals surface area contributed by atoms with Crippen LogP contribution in [0.1, 0.15) is 12.5 Å². The maximum absolute atomic E-state index is 13.8. The van der Waals surface area contributed by atoms with Crippen LogP contribution in [-0.2, 0) is 5.60 Å². The van der Waals surface area contributed by atoms with Crippen molar-refractivity contribution in [3.8, 4) is 5.75 Å². The van der Waals surface area contributed by atoms with Gasteiger partial charge in [0.2, 0.25) is 0 Å². The zero-order valence-corrected chi connectivity index (χ0v) is 14.4. The van der Waals surface area contributed by atoms with E-state index in [4.69, 9.17) is 22.1 Å². The summed E-state index contributed by atoms with van der Waals surface area (Å²) in [5.74, 6) is -1.06. The van der Waals surface area contributed by atoms with Gasteiger partial charge in [-0.3, -0.25) is 0 Å². The molecule has 0 saturated heterocycles. The number of rotatable bonds is 5. The van der Waals surface area contributed by atoms with Crippen LogP contribution in [0, 0.1) is 11.6 Å². The largest absolute Gasteiger partial charge is 0.495 e. The quantitative estimate of drug-likeness (QED) is 0.558. The molecule has 0 spiro atoms. The summed E-state index contributed by atoms with van der Waals surface area (Å²) in [7, 11) is 1.50. The van der Waals surface area contributed by atoms with Gasteiger partial charge >= 0.3 is 0 Å². The van der Waals surface area contributed by atoms with Crippen molar-refractivity contribution >= 4 is 23.2 Å². The molecular weight excluding hydrogens is 352 g/mol. The molecule has 0 aliphatic heterocycles. The zero-order valence-electron chi connectivity index (χ0n) is 13.7. The predicted molar refractivity (Wildman–Crippen MR) is 94.0 cm³/mol. The van der Waals surface area contributed by atoms with E-state index in [9.17, 15) is 13.9 Å². The number of hydrogen-bond acceptors (Lipinski definition) is 3. The van der Waals surface area contributed by atoms with E-state index in [1.54, 1.807) is 18.2 Å². The number of guanidine groups is 1. The first-order chi connectivity index (χ1) is 11.7. The van der Waals surface area contributed by atoms with Gasteiger partial charge in [-0.15, -0.1) is 0 Å². The van der Waals surface area contributed by atoms with Crippen LogP contribution in [0.25, 0.3) is 0 Å². The molecule has 0 heterocycles. The minimum Gasteiger partial charge on any atom is -0.495 e. The summed E-state index contributed by atoms with van der Waals surface area (Å²) in [5.41, 5.74) is 4.62. The highest BCUT2D eigenvalue weighted by atomic mass is 35.5. The third-order valence-corrected chi connectivity index (χ3v) is 3.79. The molecule has 5 nitrogen and oxygen atoms in total. The number of anilines is 1. The van der Waals surface area contributed by atoms with Crippen molar-refractivity contribution < 1.29 is 18.6 Å². The summed E-state index contributed by atoms with van der Waals surface area (Å²) in [4.78, 5) is 4.00. The standard InChI is InChI=1S/C17H18ClF2N3O2/c1-17(24,12-5-3-10(19)7-14(12)20)9-22-16(21)23-11-4-6-15(25-2)13(18)8-11/h3-8,24H,9H2,1-2H3,(H3,21,22,23). The Bertz CT molecular complexity index is 797. The van der Waals surface area contributed by atoms with Crippen molar-refractivity contribution in [2.45, 2.75) is 12.5 Å². The molecule has 0 aliphatic rings. The van der Waals surface area contributed by atoms with E-state index in [1.165, 1.54) is 20.1 Å². The maximum Gasteiger partial charge on any atom is 0.193 e. The van der Waals surface area contributed by atoms with Crippen LogP contribution in [0.3, 0.4) is 0 Å². The Morgan fingerprint density at radius 2 is 2.04 bits per heavy atom. The summed E-state index contributed by atoms with van der Waals surface area (Å²) in [6.45, 7) is 1.14. The minimum absolute atomic E-state index is 0.00373. The molecule has 134 valence electrons. The molecule has 1 atom stereocenters. The molecule has 0 bridgehead atoms. The lowest BCUT2D eigenvalue weighted by Gasteiger charge is -2.22. The predicted octanol–water partition coefficient (Wildman–Crippen LogP) is 3.26. The molecule has 2 aromatic carbocycles. The third-order valence-electron chi connectivity index (χ3n) is 3.49. The highest BCUT2D eigenvalue weighted by Gasteiger charge is 2.26. The summed E-state index contributed by atoms with van der Waals surface area (Å²) in [6, 6.07) is 7.88. The van der Waals surface area contributed by atoms with Gasteiger partial charge in [-0.05, 0) is 31.2 Å². The summed E-state index contributed by atoms with van der Waals surface area (Å²) in [6.07, 6.45) is 0. The maximum atomic E-state index is 13.8. The lowest BCUT2D eigenvalue weighted by atomic mass is 9.95. The van der Waals surface area contributed by atoms with Crippen LogP contribution < -0.4 is 15.8 Å². The lowest BCUT2D eigenvalue weighted by Crippen LogP contribution is -2.30. The number of halogens is 3. The molecule has 1 unspecified atom stereocenters. The first-order valence-corrected chi connectivity index (χ1v) is 7.69. The Morgan fingerprint density at radius 1 is 1.32 bits per heavy atom. The molecule has 8 heteroatoms. The fourth-order valence-electron chi connectivity index (χ4n) is 2.18. The number of methoxy groups -OCH3 is 1. The fourth-order valence-corrected chi connectivity index (χ4v) is 2.44. The number of hydrogen-bond donors (Lipinski definition) is 3. The molecule has 0 saturated carbocycles. The second-order valence-electron chi connectivity index (χ2n) is 5.57. The van der Waals surface area contributed by atoms with Gasteiger partial charge in [0.25, 0.3) is 0 Å². The monoisotopic (exact) mass is 369 g/mol. The van der Waals surface area contributed by atoms with E-state index in [-0.39, 0.29) is 18.1 Å². The summed E-state index contributed by atoms with van der Waals surface area (Å²) < 4.78 is 31.8. The van der Waals surface area contributed by atoms with Crippen molar-refractivity contribution in [1.82, 2.24) is 0 Å². The first-order valence-electron chi connectivity index (χ1n) is 7.31. The van der Waals surface area contributed by atoms with Crippen LogP contribution in [0.2, 0.25) is 5.02 Å². The second-order valence-corrected chi connectivity index (χ2v) is 5.98. The number of aliphatic imine (C=N–C) groups is 1. The summed E-state index contributed by atoms with van der Waals surface area (Å²) >= 11 is 6.01. The zero-order chi connectivity index (χ0) is 18.6. The number of nitrogens with one attached hydrogen (secondary N) is 1. The van der Waals surface area contributed by atoms with E-state index >= 15 is 0 Å². The number of nitrogens with zero attached hydrogens (tertiary/aromatic N) is 1. The van der Waals surface area contributed by atoms with Gasteiger partial charge in [0, 0.05) is 17.3 Å². The van der Waals surface area contributed by atoms with Gasteiger partial charge < -0.3 is 20.9 Å². The van der Waals surface area contributed by atoms with Crippen molar-refractivity contribution in [3.05, 3.63) is 58.6 Å². The first kappa shape index (κ1) is 19.0. The Kier molecular flexibility index (Phi) is 5.81. The van der Waals surface area contributed by atoms with E-state index in [0.717, 1.165) is 6.07 Å². The van der Waals surface area contributed by atoms with Gasteiger partial charge in [-0.2, -0.15) is 0 Å². The van der Waals surface area contributed by atoms with Gasteiger partial charge in [0.1, 0.15) is 23.0 Å². The molecular formula is C17H18ClF2N3O2. The topological polar surface area (TPSA) is 79.9 Å². The molecule has 0 amide bonds. The van der Waals surface area contributed by atoms with E-state index < -0.39 is 17.2 Å². The molecule has 2 rings (SSSR count). The highest BCUT2D eigenvalue weighted by molar-refractivity contribution is 6.32. The molecule has 25 heavy (non-hydrogen) atoms. The average molecular weight is 370 g/mol. The summed E-state index contributed by atoms with van der Waals surface area (Å²) in [5, 5.41) is 13.6. The minimum atomic E-state index is -1.65. The van der Waals surface area contributed by atoms with Gasteiger partial charge in [0.05, 0.1) is 18.7 Å². The van der Waals surface area contributed by atoms with Gasteiger partial charge in [-0.25, -0.2) is 13.8 Å². The van der Waals surface area contributed by atoms with Crippen molar-refractivity contribution in [1.29, 1.82) is 0 Å². The van der Waals surface area contributed by atoms with Crippen LogP contribution in [-0.4, -0.2) is 24.7 Å². The van der Waals surface area contributed by atoms with Crippen LogP contribution in [0.5, 0.6) is 5.75 Å². The Morgan fingerprint density at radius 3 is 2.64 bits per heavy atom. The Balaban J connectivity index is 2.10. The van der Waals surface area contributed by atoms with E-state index in [2.05, 4.69) is 10.3 Å². The van der Waals surface area contributed by atoms with Crippen molar-refractivity contribution in [3.63, 3.8) is 0 Å². The number of nitrogens with two attached hydrogens (primary N) is 1. The second kappa shape index (κ2) is 7.67. The van der Waals surface area contributed by atoms with Crippen LogP contribution in [0.15, 0.2) is 41.4 Å². The molecule has 0 aliphatic carbocycles. The van der Waals surface area contributed by atoms with E-state index in [0.29, 0.717) is 22.5 Å². The van der Waals surface area contributed by atoms with Crippen molar-refractivity contribution in [2.24, 2.45) is 10.7 Å². The molecule has 2 aromatic rings. The number of benzene rings is 2. The van der Waals surface area contributed by atoms with Crippen LogP contribution >= 0.6 is 11.6 Å².